The number of carbonyl (C=O) groups excluding carboxylic acids is 1. The van der Waals surface area contributed by atoms with Gasteiger partial charge >= 0.3 is 0 Å². The fraction of sp³-hybridized carbons (Fsp3) is 0.611. The van der Waals surface area contributed by atoms with E-state index in [-0.39, 0.29) is 5.91 Å². The molecular weight excluding hydrogens is 290 g/mol. The average Bonchev–Trinajstić information content (AvgIpc) is 3.18. The summed E-state index contributed by atoms with van der Waals surface area (Å²) >= 11 is 0. The number of benzene rings is 1. The van der Waals surface area contributed by atoms with Crippen LogP contribution in [0.15, 0.2) is 12.1 Å². The van der Waals surface area contributed by atoms with Crippen molar-refractivity contribution in [3.05, 3.63) is 17.7 Å². The van der Waals surface area contributed by atoms with Gasteiger partial charge in [-0.3, -0.25) is 9.69 Å². The third-order valence-electron chi connectivity index (χ3n) is 5.58. The summed E-state index contributed by atoms with van der Waals surface area (Å²) in [7, 11) is 1.74. The van der Waals surface area contributed by atoms with Gasteiger partial charge in [-0.05, 0) is 43.5 Å². The van der Waals surface area contributed by atoms with Gasteiger partial charge < -0.3 is 14.5 Å². The Morgan fingerprint density at radius 2 is 2.04 bits per heavy atom. The predicted molar refractivity (Wildman–Crippen MR) is 91.5 cm³/mol. The molecule has 1 amide bonds. The van der Waals surface area contributed by atoms with Crippen molar-refractivity contribution in [2.24, 2.45) is 0 Å². The normalized spacial score (nSPS) is 23.8. The molecule has 1 aromatic rings. The number of nitrogens with zero attached hydrogens (tertiary/aromatic N) is 3. The average molecular weight is 315 g/mol. The van der Waals surface area contributed by atoms with Gasteiger partial charge in [0.15, 0.2) is 0 Å². The van der Waals surface area contributed by atoms with E-state index in [9.17, 15) is 4.79 Å². The molecule has 3 heterocycles. The van der Waals surface area contributed by atoms with Crippen molar-refractivity contribution in [2.45, 2.75) is 32.2 Å². The Morgan fingerprint density at radius 3 is 2.83 bits per heavy atom. The molecule has 0 radical (unpaired) electrons. The van der Waals surface area contributed by atoms with Gasteiger partial charge in [-0.2, -0.15) is 0 Å². The maximum Gasteiger partial charge on any atom is 0.223 e. The van der Waals surface area contributed by atoms with Crippen molar-refractivity contribution in [2.75, 3.05) is 49.6 Å². The lowest BCUT2D eigenvalue weighted by molar-refractivity contribution is -0.116. The van der Waals surface area contributed by atoms with Gasteiger partial charge in [0.25, 0.3) is 0 Å². The van der Waals surface area contributed by atoms with E-state index < -0.39 is 0 Å². The van der Waals surface area contributed by atoms with Crippen LogP contribution in [0.4, 0.5) is 11.4 Å². The maximum atomic E-state index is 11.9. The summed E-state index contributed by atoms with van der Waals surface area (Å²) in [5.74, 6) is 1.07. The van der Waals surface area contributed by atoms with Gasteiger partial charge in [0, 0.05) is 44.8 Å². The van der Waals surface area contributed by atoms with Crippen LogP contribution in [0.1, 0.15) is 25.3 Å². The monoisotopic (exact) mass is 315 g/mol. The second kappa shape index (κ2) is 5.71. The molecule has 0 unspecified atom stereocenters. The number of carbonyl (C=O) groups is 1. The third kappa shape index (κ3) is 2.47. The quantitative estimate of drug-likeness (QED) is 0.835. The molecule has 3 aliphatic rings. The van der Waals surface area contributed by atoms with Gasteiger partial charge in [-0.25, -0.2) is 0 Å². The molecule has 0 bridgehead atoms. The molecule has 23 heavy (non-hydrogen) atoms. The maximum absolute atomic E-state index is 11.9. The highest BCUT2D eigenvalue weighted by atomic mass is 16.5. The molecule has 0 spiro atoms. The number of rotatable bonds is 2. The fourth-order valence-corrected chi connectivity index (χ4v) is 4.35. The van der Waals surface area contributed by atoms with E-state index in [0.717, 1.165) is 49.7 Å². The molecule has 0 saturated carbocycles. The van der Waals surface area contributed by atoms with E-state index in [4.69, 9.17) is 4.74 Å². The second-order valence-electron chi connectivity index (χ2n) is 6.85. The first-order valence-corrected chi connectivity index (χ1v) is 8.65. The van der Waals surface area contributed by atoms with Crippen molar-refractivity contribution >= 4 is 17.3 Å². The Morgan fingerprint density at radius 1 is 1.17 bits per heavy atom. The van der Waals surface area contributed by atoms with Crippen molar-refractivity contribution in [1.29, 1.82) is 0 Å². The second-order valence-corrected chi connectivity index (χ2v) is 6.85. The van der Waals surface area contributed by atoms with E-state index >= 15 is 0 Å². The van der Waals surface area contributed by atoms with Gasteiger partial charge in [-0.1, -0.05) is 0 Å². The highest BCUT2D eigenvalue weighted by Crippen LogP contribution is 2.40. The predicted octanol–water partition coefficient (Wildman–Crippen LogP) is 1.89. The Kier molecular flexibility index (Phi) is 3.68. The number of amides is 1. The fourth-order valence-electron chi connectivity index (χ4n) is 4.35. The molecule has 2 fully saturated rings. The van der Waals surface area contributed by atoms with Crippen LogP contribution in [-0.2, 0) is 11.2 Å². The largest absolute Gasteiger partial charge is 0.495 e. The van der Waals surface area contributed by atoms with Crippen molar-refractivity contribution < 1.29 is 9.53 Å². The first kappa shape index (κ1) is 14.8. The van der Waals surface area contributed by atoms with Crippen LogP contribution in [0.25, 0.3) is 0 Å². The standard InChI is InChI=1S/C18H25N3O2/c1-13(22)21-7-5-14-10-18(23-2)17(11-16(14)21)20-9-8-19-6-3-4-15(19)12-20/h10-11,15H,3-9,12H2,1-2H3/t15-/m0/s1. The van der Waals surface area contributed by atoms with Crippen molar-refractivity contribution in [3.8, 4) is 5.75 Å². The molecule has 0 N–H and O–H groups in total. The number of methoxy groups -OCH3 is 1. The van der Waals surface area contributed by atoms with Crippen LogP contribution in [-0.4, -0.2) is 56.7 Å². The van der Waals surface area contributed by atoms with E-state index in [0.29, 0.717) is 6.04 Å². The highest BCUT2D eigenvalue weighted by molar-refractivity contribution is 5.95. The molecule has 3 aliphatic heterocycles. The number of ether oxygens (including phenoxy) is 1. The minimum Gasteiger partial charge on any atom is -0.495 e. The lowest BCUT2D eigenvalue weighted by Crippen LogP contribution is -2.50. The van der Waals surface area contributed by atoms with E-state index in [1.165, 1.54) is 24.9 Å². The molecule has 5 heteroatoms. The lowest BCUT2D eigenvalue weighted by Gasteiger charge is -2.39. The Hall–Kier alpha value is -1.75. The number of anilines is 2. The zero-order valence-electron chi connectivity index (χ0n) is 14.0. The van der Waals surface area contributed by atoms with Crippen LogP contribution in [0.5, 0.6) is 5.75 Å². The van der Waals surface area contributed by atoms with Crippen molar-refractivity contribution in [1.82, 2.24) is 4.90 Å². The molecule has 1 atom stereocenters. The summed E-state index contributed by atoms with van der Waals surface area (Å²) in [6, 6.07) is 4.98. The van der Waals surface area contributed by atoms with E-state index in [1.807, 2.05) is 4.90 Å². The summed E-state index contributed by atoms with van der Waals surface area (Å²) in [6.07, 6.45) is 3.53. The molecule has 2 saturated heterocycles. The van der Waals surface area contributed by atoms with Crippen LogP contribution in [0, 0.1) is 0 Å². The topological polar surface area (TPSA) is 36.0 Å². The number of hydrogen-bond donors (Lipinski definition) is 0. The van der Waals surface area contributed by atoms with Gasteiger partial charge in [0.1, 0.15) is 5.75 Å². The number of piperazine rings is 1. The van der Waals surface area contributed by atoms with Gasteiger partial charge in [0.2, 0.25) is 5.91 Å². The zero-order valence-corrected chi connectivity index (χ0v) is 14.0. The molecule has 5 nitrogen and oxygen atoms in total. The third-order valence-corrected chi connectivity index (χ3v) is 5.58. The van der Waals surface area contributed by atoms with Crippen LogP contribution in [0.3, 0.4) is 0 Å². The van der Waals surface area contributed by atoms with Crippen LogP contribution in [0.2, 0.25) is 0 Å². The van der Waals surface area contributed by atoms with E-state index in [2.05, 4.69) is 21.9 Å². The van der Waals surface area contributed by atoms with Crippen molar-refractivity contribution in [3.63, 3.8) is 0 Å². The molecule has 0 aliphatic carbocycles. The summed E-state index contributed by atoms with van der Waals surface area (Å²) in [4.78, 5) is 18.8. The number of hydrogen-bond acceptors (Lipinski definition) is 4. The first-order valence-electron chi connectivity index (χ1n) is 8.65. The molecule has 1 aromatic carbocycles. The molecule has 4 rings (SSSR count). The smallest absolute Gasteiger partial charge is 0.223 e. The molecule has 124 valence electrons. The summed E-state index contributed by atoms with van der Waals surface area (Å²) in [5.41, 5.74) is 3.44. The van der Waals surface area contributed by atoms with Crippen LogP contribution >= 0.6 is 0 Å². The Bertz CT molecular complexity index is 631. The Balaban J connectivity index is 1.67. The van der Waals surface area contributed by atoms with Gasteiger partial charge in [0.05, 0.1) is 12.8 Å². The summed E-state index contributed by atoms with van der Waals surface area (Å²) in [6.45, 7) is 6.91. The highest BCUT2D eigenvalue weighted by Gasteiger charge is 2.33. The lowest BCUT2D eigenvalue weighted by atomic mass is 10.1. The van der Waals surface area contributed by atoms with E-state index in [1.54, 1.807) is 14.0 Å². The molecular formula is C18H25N3O2. The van der Waals surface area contributed by atoms with Gasteiger partial charge in [-0.15, -0.1) is 0 Å². The molecule has 0 aromatic heterocycles. The minimum atomic E-state index is 0.125. The van der Waals surface area contributed by atoms with Crippen LogP contribution < -0.4 is 14.5 Å². The summed E-state index contributed by atoms with van der Waals surface area (Å²) < 4.78 is 5.67. The number of fused-ring (bicyclic) bond motifs is 2. The SMILES string of the molecule is COc1cc2c(cc1N1CCN3CCC[C@H]3C1)N(C(C)=O)CC2. The zero-order chi connectivity index (χ0) is 16.0. The summed E-state index contributed by atoms with van der Waals surface area (Å²) in [5, 5.41) is 0. The minimum absolute atomic E-state index is 0.125. The first-order chi connectivity index (χ1) is 11.2. The Labute approximate surface area is 137 Å².